The Morgan fingerprint density at radius 2 is 1.57 bits per heavy atom. The molecule has 1 amide bonds. The van der Waals surface area contributed by atoms with Gasteiger partial charge in [-0.25, -0.2) is 9.59 Å². The van der Waals surface area contributed by atoms with Crippen LogP contribution in [0.15, 0.2) is 71.5 Å². The second-order valence-electron chi connectivity index (χ2n) is 9.90. The first-order chi connectivity index (χ1) is 17.9. The number of hydrogen-bond acceptors (Lipinski definition) is 3. The van der Waals surface area contributed by atoms with Crippen molar-refractivity contribution in [2.45, 2.75) is 37.6 Å². The van der Waals surface area contributed by atoms with Gasteiger partial charge < -0.3 is 10.0 Å². The molecule has 1 N–H and O–H groups in total. The number of hydrogen-bond donors (Lipinski definition) is 1. The van der Waals surface area contributed by atoms with Crippen LogP contribution in [-0.2, 0) is 5.54 Å². The van der Waals surface area contributed by atoms with Crippen molar-refractivity contribution < 1.29 is 14.7 Å². The maximum atomic E-state index is 14.0. The van der Waals surface area contributed by atoms with E-state index in [4.69, 9.17) is 11.6 Å². The van der Waals surface area contributed by atoms with Crippen LogP contribution < -0.4 is 5.69 Å². The van der Waals surface area contributed by atoms with Crippen LogP contribution in [0.1, 0.15) is 58.4 Å². The molecule has 188 valence electrons. The summed E-state index contributed by atoms with van der Waals surface area (Å²) in [6.07, 6.45) is 4.65. The number of amides is 1. The van der Waals surface area contributed by atoms with Crippen molar-refractivity contribution in [1.29, 1.82) is 0 Å². The third kappa shape index (κ3) is 3.94. The van der Waals surface area contributed by atoms with Crippen molar-refractivity contribution in [1.82, 2.24) is 14.0 Å². The number of likely N-dealkylation sites (tertiary alicyclic amines) is 1. The lowest BCUT2D eigenvalue weighted by Crippen LogP contribution is -2.35. The summed E-state index contributed by atoms with van der Waals surface area (Å²) in [6.45, 7) is 1.55. The van der Waals surface area contributed by atoms with E-state index in [1.54, 1.807) is 63.7 Å². The van der Waals surface area contributed by atoms with E-state index >= 15 is 0 Å². The number of carbonyl (C=O) groups is 2. The first-order valence-corrected chi connectivity index (χ1v) is 12.9. The summed E-state index contributed by atoms with van der Waals surface area (Å²) < 4.78 is 3.39. The average Bonchev–Trinajstić information content (AvgIpc) is 3.67. The van der Waals surface area contributed by atoms with E-state index in [2.05, 4.69) is 0 Å². The molecule has 1 aliphatic carbocycles. The quantitative estimate of drug-likeness (QED) is 0.390. The average molecular weight is 516 g/mol. The van der Waals surface area contributed by atoms with Gasteiger partial charge in [0.05, 0.1) is 27.8 Å². The lowest BCUT2D eigenvalue weighted by Gasteiger charge is -2.26. The van der Waals surface area contributed by atoms with E-state index in [1.807, 2.05) is 17.0 Å². The molecule has 1 aliphatic heterocycles. The Labute approximate surface area is 218 Å². The van der Waals surface area contributed by atoms with E-state index < -0.39 is 11.5 Å². The monoisotopic (exact) mass is 515 g/mol. The van der Waals surface area contributed by atoms with Gasteiger partial charge in [0.15, 0.2) is 0 Å². The topological polar surface area (TPSA) is 84.5 Å². The number of carbonyl (C=O) groups excluding carboxylic acids is 1. The SMILES string of the molecule is O=C(O)c1cccc(C2(n3c(=O)n(-c4ccc(C(=O)N5CCCCC5)cc4)c4cc(Cl)ccc43)CC2)c1. The van der Waals surface area contributed by atoms with Crippen molar-refractivity contribution in [3.05, 3.63) is 98.9 Å². The highest BCUT2D eigenvalue weighted by Crippen LogP contribution is 2.50. The smallest absolute Gasteiger partial charge is 0.335 e. The predicted molar refractivity (Wildman–Crippen MR) is 142 cm³/mol. The first kappa shape index (κ1) is 23.6. The minimum Gasteiger partial charge on any atom is -0.478 e. The number of aromatic carboxylic acids is 1. The lowest BCUT2D eigenvalue weighted by molar-refractivity contribution is 0.0694. The molecule has 3 aromatic carbocycles. The van der Waals surface area contributed by atoms with Crippen LogP contribution in [0.2, 0.25) is 5.02 Å². The molecule has 0 unspecified atom stereocenters. The van der Waals surface area contributed by atoms with E-state index in [-0.39, 0.29) is 17.2 Å². The zero-order chi connectivity index (χ0) is 25.7. The molecule has 4 aromatic rings. The third-order valence-electron chi connectivity index (χ3n) is 7.62. The summed E-state index contributed by atoms with van der Waals surface area (Å²) in [5.74, 6) is -0.988. The van der Waals surface area contributed by atoms with Gasteiger partial charge >= 0.3 is 11.7 Å². The largest absolute Gasteiger partial charge is 0.478 e. The number of imidazole rings is 1. The van der Waals surface area contributed by atoms with Crippen LogP contribution in [0.3, 0.4) is 0 Å². The Morgan fingerprint density at radius 3 is 2.24 bits per heavy atom. The van der Waals surface area contributed by atoms with Gasteiger partial charge in [0.25, 0.3) is 5.91 Å². The number of carboxylic acid groups (broad SMARTS) is 1. The summed E-state index contributed by atoms with van der Waals surface area (Å²) in [7, 11) is 0. The number of aromatic nitrogens is 2. The first-order valence-electron chi connectivity index (χ1n) is 12.6. The maximum Gasteiger partial charge on any atom is 0.335 e. The fourth-order valence-electron chi connectivity index (χ4n) is 5.57. The molecule has 2 fully saturated rings. The van der Waals surface area contributed by atoms with Gasteiger partial charge in [-0.3, -0.25) is 13.9 Å². The zero-order valence-electron chi connectivity index (χ0n) is 20.2. The molecule has 1 saturated heterocycles. The molecule has 0 bridgehead atoms. The van der Waals surface area contributed by atoms with Gasteiger partial charge in [-0.15, -0.1) is 0 Å². The molecular formula is C29H26ClN3O4. The fraction of sp³-hybridized carbons (Fsp3) is 0.276. The Balaban J connectivity index is 1.46. The van der Waals surface area contributed by atoms with E-state index in [0.29, 0.717) is 21.8 Å². The van der Waals surface area contributed by atoms with Crippen molar-refractivity contribution in [3.8, 4) is 5.69 Å². The van der Waals surface area contributed by atoms with Crippen LogP contribution in [0.4, 0.5) is 0 Å². The lowest BCUT2D eigenvalue weighted by atomic mass is 10.0. The molecule has 2 heterocycles. The Morgan fingerprint density at radius 1 is 0.838 bits per heavy atom. The van der Waals surface area contributed by atoms with Crippen molar-refractivity contribution in [3.63, 3.8) is 0 Å². The molecule has 7 nitrogen and oxygen atoms in total. The molecule has 8 heteroatoms. The Bertz CT molecular complexity index is 1590. The molecule has 0 radical (unpaired) electrons. The molecule has 0 spiro atoms. The molecule has 2 aliphatic rings. The van der Waals surface area contributed by atoms with Crippen molar-refractivity contribution in [2.75, 3.05) is 13.1 Å². The minimum atomic E-state index is -1.00. The molecule has 6 rings (SSSR count). The Hall–Kier alpha value is -3.84. The highest BCUT2D eigenvalue weighted by Gasteiger charge is 2.49. The number of piperidine rings is 1. The minimum absolute atomic E-state index is 0.0133. The highest BCUT2D eigenvalue weighted by molar-refractivity contribution is 6.31. The number of nitrogens with zero attached hydrogens (tertiary/aromatic N) is 3. The molecule has 1 aromatic heterocycles. The molecule has 0 atom stereocenters. The van der Waals surface area contributed by atoms with E-state index in [0.717, 1.165) is 56.3 Å². The van der Waals surface area contributed by atoms with Crippen LogP contribution >= 0.6 is 11.6 Å². The number of fused-ring (bicyclic) bond motifs is 1. The van der Waals surface area contributed by atoms with Crippen LogP contribution in [-0.4, -0.2) is 44.1 Å². The zero-order valence-corrected chi connectivity index (χ0v) is 20.9. The second-order valence-corrected chi connectivity index (χ2v) is 10.3. The predicted octanol–water partition coefficient (Wildman–Crippen LogP) is 5.31. The fourth-order valence-corrected chi connectivity index (χ4v) is 5.73. The number of rotatable bonds is 5. The molecule has 1 saturated carbocycles. The summed E-state index contributed by atoms with van der Waals surface area (Å²) in [5, 5.41) is 10.0. The van der Waals surface area contributed by atoms with Crippen LogP contribution in [0.25, 0.3) is 16.7 Å². The highest BCUT2D eigenvalue weighted by atomic mass is 35.5. The number of carboxylic acids is 1. The van der Waals surface area contributed by atoms with Gasteiger partial charge in [-0.05, 0) is 92.3 Å². The van der Waals surface area contributed by atoms with Crippen molar-refractivity contribution in [2.24, 2.45) is 0 Å². The number of halogens is 1. The summed E-state index contributed by atoms with van der Waals surface area (Å²) in [6, 6.07) is 19.3. The maximum absolute atomic E-state index is 14.0. The third-order valence-corrected chi connectivity index (χ3v) is 7.85. The number of benzene rings is 3. The van der Waals surface area contributed by atoms with Gasteiger partial charge in [0.2, 0.25) is 0 Å². The Kier molecular flexibility index (Phi) is 5.68. The summed E-state index contributed by atoms with van der Waals surface area (Å²) in [4.78, 5) is 40.5. The molecule has 37 heavy (non-hydrogen) atoms. The van der Waals surface area contributed by atoms with Crippen LogP contribution in [0.5, 0.6) is 0 Å². The summed E-state index contributed by atoms with van der Waals surface area (Å²) in [5.41, 5.74) is 2.76. The van der Waals surface area contributed by atoms with Gasteiger partial charge in [-0.2, -0.15) is 0 Å². The van der Waals surface area contributed by atoms with Gasteiger partial charge in [0, 0.05) is 23.7 Å². The van der Waals surface area contributed by atoms with Gasteiger partial charge in [-0.1, -0.05) is 23.7 Å². The van der Waals surface area contributed by atoms with E-state index in [9.17, 15) is 19.5 Å². The van der Waals surface area contributed by atoms with Crippen LogP contribution in [0, 0.1) is 0 Å². The second kappa shape index (κ2) is 8.92. The van der Waals surface area contributed by atoms with E-state index in [1.165, 1.54) is 0 Å². The molecular weight excluding hydrogens is 490 g/mol. The van der Waals surface area contributed by atoms with Gasteiger partial charge in [0.1, 0.15) is 0 Å². The summed E-state index contributed by atoms with van der Waals surface area (Å²) >= 11 is 6.35. The normalized spacial score (nSPS) is 16.6. The standard InChI is InChI=1S/C29H26ClN3O4/c30-22-9-12-24-25(18-22)32(23-10-7-19(8-11-23)26(34)31-15-2-1-3-16-31)28(37)33(24)29(13-14-29)21-6-4-5-20(17-21)27(35)36/h4-12,17-18H,1-3,13-16H2,(H,35,36). The van der Waals surface area contributed by atoms with Crippen molar-refractivity contribution >= 4 is 34.5 Å².